The summed E-state index contributed by atoms with van der Waals surface area (Å²) in [6.45, 7) is 0. The van der Waals surface area contributed by atoms with Crippen molar-refractivity contribution < 1.29 is 9.59 Å². The number of aromatic nitrogens is 2. The number of carbonyl (C=O) groups excluding carboxylic acids is 2. The first-order valence-electron chi connectivity index (χ1n) is 8.45. The lowest BCUT2D eigenvalue weighted by Gasteiger charge is -2.13. The van der Waals surface area contributed by atoms with E-state index >= 15 is 0 Å². The normalized spacial score (nSPS) is 10.3. The minimum atomic E-state index is 0.155. The molecule has 1 aromatic heterocycles. The van der Waals surface area contributed by atoms with Gasteiger partial charge in [0.25, 0.3) is 0 Å². The summed E-state index contributed by atoms with van der Waals surface area (Å²) in [6, 6.07) is 17.8. The Hall–Kier alpha value is -4.20. The van der Waals surface area contributed by atoms with Crippen molar-refractivity contribution >= 4 is 35.3 Å². The van der Waals surface area contributed by atoms with E-state index in [0.717, 1.165) is 24.3 Å². The second-order valence-corrected chi connectivity index (χ2v) is 6.70. The van der Waals surface area contributed by atoms with Crippen molar-refractivity contribution in [2.45, 2.75) is 0 Å². The fourth-order valence-corrected chi connectivity index (χ4v) is 3.88. The molecule has 0 spiro atoms. The molecule has 0 amide bonds. The number of hydrogen-bond donors (Lipinski definition) is 0. The minimum Gasteiger partial charge on any atom is -0.298 e. The average Bonchev–Trinajstić information content (AvgIpc) is 3.26. The van der Waals surface area contributed by atoms with Crippen molar-refractivity contribution in [3.05, 3.63) is 70.8 Å². The molecule has 0 aliphatic rings. The Balaban J connectivity index is 2.15. The molecule has 6 nitrogen and oxygen atoms in total. The van der Waals surface area contributed by atoms with E-state index in [-0.39, 0.29) is 11.1 Å². The molecule has 4 aromatic rings. The van der Waals surface area contributed by atoms with Gasteiger partial charge in [-0.05, 0) is 23.3 Å². The van der Waals surface area contributed by atoms with Gasteiger partial charge in [0.2, 0.25) is 0 Å². The van der Waals surface area contributed by atoms with Gasteiger partial charge in [-0.3, -0.25) is 9.59 Å². The summed E-state index contributed by atoms with van der Waals surface area (Å²) in [7, 11) is 0. The minimum absolute atomic E-state index is 0.155. The molecule has 3 aromatic carbocycles. The smallest absolute Gasteiger partial charge is 0.150 e. The quantitative estimate of drug-likeness (QED) is 0.475. The molecule has 0 saturated carbocycles. The SMILES string of the molecule is N#Cc1c(C#N)c(-c2cccc(C=O)c2)c2nsnc2c1-c1cccc(C=O)c1. The molecule has 0 aliphatic carbocycles. The van der Waals surface area contributed by atoms with E-state index in [9.17, 15) is 20.1 Å². The van der Waals surface area contributed by atoms with Crippen LogP contribution in [0.5, 0.6) is 0 Å². The summed E-state index contributed by atoms with van der Waals surface area (Å²) in [5, 5.41) is 19.8. The maximum atomic E-state index is 11.2. The molecule has 0 saturated heterocycles. The highest BCUT2D eigenvalue weighted by atomic mass is 32.1. The van der Waals surface area contributed by atoms with Crippen molar-refractivity contribution in [3.63, 3.8) is 0 Å². The Morgan fingerprint density at radius 1 is 0.759 bits per heavy atom. The first kappa shape index (κ1) is 18.2. The molecule has 0 N–H and O–H groups in total. The monoisotopic (exact) mass is 394 g/mol. The zero-order valence-electron chi connectivity index (χ0n) is 14.8. The molecule has 29 heavy (non-hydrogen) atoms. The van der Waals surface area contributed by atoms with E-state index in [4.69, 9.17) is 0 Å². The van der Waals surface area contributed by atoms with Gasteiger partial charge < -0.3 is 0 Å². The fraction of sp³-hybridized carbons (Fsp3) is 0. The van der Waals surface area contributed by atoms with Crippen LogP contribution in [0.15, 0.2) is 48.5 Å². The van der Waals surface area contributed by atoms with Crippen LogP contribution in [-0.2, 0) is 0 Å². The van der Waals surface area contributed by atoms with Crippen LogP contribution >= 0.6 is 11.7 Å². The Bertz CT molecular complexity index is 1270. The summed E-state index contributed by atoms with van der Waals surface area (Å²) in [4.78, 5) is 22.4. The number of hydrogen-bond acceptors (Lipinski definition) is 7. The number of nitrogens with zero attached hydrogens (tertiary/aromatic N) is 4. The molecule has 136 valence electrons. The third kappa shape index (κ3) is 2.96. The number of rotatable bonds is 4. The lowest BCUT2D eigenvalue weighted by atomic mass is 9.87. The number of nitriles is 2. The second-order valence-electron chi connectivity index (χ2n) is 6.17. The van der Waals surface area contributed by atoms with E-state index in [1.165, 1.54) is 0 Å². The van der Waals surface area contributed by atoms with E-state index in [2.05, 4.69) is 20.9 Å². The lowest BCUT2D eigenvalue weighted by molar-refractivity contribution is 0.111. The molecule has 0 bridgehead atoms. The first-order valence-corrected chi connectivity index (χ1v) is 9.18. The Labute approximate surface area is 169 Å². The maximum absolute atomic E-state index is 11.2. The molecule has 4 rings (SSSR count). The van der Waals surface area contributed by atoms with Gasteiger partial charge in [-0.25, -0.2) is 0 Å². The van der Waals surface area contributed by atoms with Crippen LogP contribution in [0.2, 0.25) is 0 Å². The van der Waals surface area contributed by atoms with Gasteiger partial charge in [0, 0.05) is 22.3 Å². The largest absolute Gasteiger partial charge is 0.298 e. The Morgan fingerprint density at radius 2 is 1.21 bits per heavy atom. The van der Waals surface area contributed by atoms with Gasteiger partial charge in [-0.15, -0.1) is 0 Å². The summed E-state index contributed by atoms with van der Waals surface area (Å²) < 4.78 is 8.75. The molecule has 1 heterocycles. The zero-order chi connectivity index (χ0) is 20.4. The predicted octanol–water partition coefficient (Wildman–Crippen LogP) is 4.39. The molecule has 0 fully saturated rings. The lowest BCUT2D eigenvalue weighted by Crippen LogP contribution is -1.98. The van der Waals surface area contributed by atoms with Crippen LogP contribution in [-0.4, -0.2) is 21.3 Å². The van der Waals surface area contributed by atoms with E-state index in [1.54, 1.807) is 48.5 Å². The van der Waals surface area contributed by atoms with Gasteiger partial charge in [0.15, 0.2) is 0 Å². The fourth-order valence-electron chi connectivity index (χ4n) is 3.32. The van der Waals surface area contributed by atoms with Gasteiger partial charge in [-0.2, -0.15) is 19.3 Å². The molecule has 0 aliphatic heterocycles. The standard InChI is InChI=1S/C22H10N4O2S/c23-9-17-18(10-24)20(16-6-2-4-14(8-16)12-28)22-21(25-29-26-22)19(17)15-5-1-3-13(7-15)11-27/h1-8,11-12H. The van der Waals surface area contributed by atoms with Crippen molar-refractivity contribution in [2.24, 2.45) is 0 Å². The van der Waals surface area contributed by atoms with E-state index in [1.807, 2.05) is 0 Å². The van der Waals surface area contributed by atoms with Gasteiger partial charge in [-0.1, -0.05) is 36.4 Å². The van der Waals surface area contributed by atoms with Crippen molar-refractivity contribution in [3.8, 4) is 34.4 Å². The Morgan fingerprint density at radius 3 is 1.59 bits per heavy atom. The van der Waals surface area contributed by atoms with E-state index < -0.39 is 0 Å². The molecular formula is C22H10N4O2S. The molecular weight excluding hydrogens is 384 g/mol. The highest BCUT2D eigenvalue weighted by molar-refractivity contribution is 7.00. The predicted molar refractivity (Wildman–Crippen MR) is 108 cm³/mol. The summed E-state index contributed by atoms with van der Waals surface area (Å²) in [6.07, 6.45) is 1.44. The van der Waals surface area contributed by atoms with Crippen molar-refractivity contribution in [2.75, 3.05) is 0 Å². The molecule has 0 atom stereocenters. The van der Waals surface area contributed by atoms with Gasteiger partial charge in [0.05, 0.1) is 22.9 Å². The van der Waals surface area contributed by atoms with Crippen LogP contribution in [0, 0.1) is 22.7 Å². The number of aldehydes is 2. The number of fused-ring (bicyclic) bond motifs is 1. The topological polar surface area (TPSA) is 108 Å². The number of benzene rings is 3. The van der Waals surface area contributed by atoms with Crippen LogP contribution < -0.4 is 0 Å². The van der Waals surface area contributed by atoms with Crippen LogP contribution in [0.4, 0.5) is 0 Å². The van der Waals surface area contributed by atoms with E-state index in [0.29, 0.717) is 44.4 Å². The molecule has 7 heteroatoms. The summed E-state index contributed by atoms with van der Waals surface area (Å²) in [5.74, 6) is 0. The van der Waals surface area contributed by atoms with Crippen LogP contribution in [0.3, 0.4) is 0 Å². The zero-order valence-corrected chi connectivity index (χ0v) is 15.6. The van der Waals surface area contributed by atoms with Crippen LogP contribution in [0.25, 0.3) is 33.3 Å². The highest BCUT2D eigenvalue weighted by Gasteiger charge is 2.24. The van der Waals surface area contributed by atoms with Crippen molar-refractivity contribution in [1.29, 1.82) is 10.5 Å². The number of carbonyl (C=O) groups is 2. The first-order chi connectivity index (χ1) is 14.2. The maximum Gasteiger partial charge on any atom is 0.150 e. The average molecular weight is 394 g/mol. The third-order valence-corrected chi connectivity index (χ3v) is 5.09. The summed E-state index contributed by atoms with van der Waals surface area (Å²) >= 11 is 0.971. The van der Waals surface area contributed by atoms with Crippen LogP contribution in [0.1, 0.15) is 31.8 Å². The van der Waals surface area contributed by atoms with Gasteiger partial charge >= 0.3 is 0 Å². The van der Waals surface area contributed by atoms with Gasteiger partial charge in [0.1, 0.15) is 35.7 Å². The second kappa shape index (κ2) is 7.43. The van der Waals surface area contributed by atoms with Crippen molar-refractivity contribution in [1.82, 2.24) is 8.75 Å². The molecule has 0 radical (unpaired) electrons. The highest BCUT2D eigenvalue weighted by Crippen LogP contribution is 2.40. The summed E-state index contributed by atoms with van der Waals surface area (Å²) in [5.41, 5.74) is 4.29. The molecule has 0 unspecified atom stereocenters. The Kier molecular flexibility index (Phi) is 4.66. The third-order valence-electron chi connectivity index (χ3n) is 4.56.